The Morgan fingerprint density at radius 3 is 2.62 bits per heavy atom. The van der Waals surface area contributed by atoms with Crippen molar-refractivity contribution in [3.8, 4) is 5.88 Å². The number of rotatable bonds is 5. The number of pyridine rings is 1. The zero-order valence-electron chi connectivity index (χ0n) is 11.9. The number of benzene rings is 1. The highest BCUT2D eigenvalue weighted by Gasteiger charge is 2.07. The summed E-state index contributed by atoms with van der Waals surface area (Å²) in [6.07, 6.45) is 0. The zero-order valence-corrected chi connectivity index (χ0v) is 11.9. The van der Waals surface area contributed by atoms with Gasteiger partial charge >= 0.3 is 0 Å². The summed E-state index contributed by atoms with van der Waals surface area (Å²) in [5.74, 6) is -0.724. The van der Waals surface area contributed by atoms with Gasteiger partial charge in [0.15, 0.2) is 11.6 Å². The minimum Gasteiger partial charge on any atom is -0.476 e. The third-order valence-electron chi connectivity index (χ3n) is 2.64. The predicted octanol–water partition coefficient (Wildman–Crippen LogP) is 3.72. The lowest BCUT2D eigenvalue weighted by Crippen LogP contribution is -2.08. The highest BCUT2D eigenvalue weighted by molar-refractivity contribution is 5.60. The molecular weight excluding hydrogens is 276 g/mol. The summed E-state index contributed by atoms with van der Waals surface area (Å²) >= 11 is 0. The molecule has 0 aliphatic heterocycles. The molecule has 1 aromatic carbocycles. The maximum Gasteiger partial charge on any atom is 0.239 e. The van der Waals surface area contributed by atoms with Gasteiger partial charge in [-0.15, -0.1) is 0 Å². The second-order valence-electron chi connectivity index (χ2n) is 5.05. The van der Waals surface area contributed by atoms with Gasteiger partial charge in [0.2, 0.25) is 5.88 Å². The smallest absolute Gasteiger partial charge is 0.239 e. The van der Waals surface area contributed by atoms with Crippen LogP contribution in [-0.4, -0.2) is 11.6 Å². The van der Waals surface area contributed by atoms with Gasteiger partial charge in [0.05, 0.1) is 12.3 Å². The van der Waals surface area contributed by atoms with Crippen molar-refractivity contribution in [3.05, 3.63) is 42.0 Å². The van der Waals surface area contributed by atoms with E-state index < -0.39 is 11.6 Å². The van der Waals surface area contributed by atoms with Crippen LogP contribution in [0.3, 0.4) is 0 Å². The van der Waals surface area contributed by atoms with Crippen LogP contribution in [0.2, 0.25) is 0 Å². The molecule has 0 bridgehead atoms. The molecule has 0 aliphatic carbocycles. The van der Waals surface area contributed by atoms with Crippen LogP contribution < -0.4 is 15.8 Å². The molecule has 0 atom stereocenters. The summed E-state index contributed by atoms with van der Waals surface area (Å²) in [5.41, 5.74) is 6.60. The molecule has 2 rings (SSSR count). The SMILES string of the molecule is CC(C)COc1nc(Nc2ccc(F)c(F)c2)ccc1N. The first-order valence-electron chi connectivity index (χ1n) is 6.57. The molecule has 1 heterocycles. The Morgan fingerprint density at radius 1 is 1.19 bits per heavy atom. The Labute approximate surface area is 122 Å². The van der Waals surface area contributed by atoms with E-state index in [1.807, 2.05) is 13.8 Å². The second kappa shape index (κ2) is 6.39. The number of halogens is 2. The number of ether oxygens (including phenoxy) is 1. The number of hydrogen-bond donors (Lipinski definition) is 2. The highest BCUT2D eigenvalue weighted by Crippen LogP contribution is 2.24. The summed E-state index contributed by atoms with van der Waals surface area (Å²) in [6.45, 7) is 4.52. The fourth-order valence-corrected chi connectivity index (χ4v) is 1.60. The normalized spacial score (nSPS) is 10.7. The van der Waals surface area contributed by atoms with Crippen LogP contribution in [0.5, 0.6) is 5.88 Å². The van der Waals surface area contributed by atoms with E-state index in [1.165, 1.54) is 6.07 Å². The topological polar surface area (TPSA) is 60.2 Å². The lowest BCUT2D eigenvalue weighted by Gasteiger charge is -2.12. The number of anilines is 3. The van der Waals surface area contributed by atoms with Crippen LogP contribution in [-0.2, 0) is 0 Å². The fraction of sp³-hybridized carbons (Fsp3) is 0.267. The molecule has 0 amide bonds. The zero-order chi connectivity index (χ0) is 15.4. The molecule has 0 radical (unpaired) electrons. The number of nitrogen functional groups attached to an aromatic ring is 1. The monoisotopic (exact) mass is 293 g/mol. The number of nitrogens with one attached hydrogen (secondary N) is 1. The first-order chi connectivity index (χ1) is 9.95. The third kappa shape index (κ3) is 4.05. The molecule has 4 nitrogen and oxygen atoms in total. The fourth-order valence-electron chi connectivity index (χ4n) is 1.60. The van der Waals surface area contributed by atoms with Gasteiger partial charge in [-0.1, -0.05) is 13.8 Å². The van der Waals surface area contributed by atoms with Gasteiger partial charge < -0.3 is 15.8 Å². The van der Waals surface area contributed by atoms with Gasteiger partial charge in [-0.25, -0.2) is 8.78 Å². The van der Waals surface area contributed by atoms with Crippen LogP contribution in [0, 0.1) is 17.6 Å². The van der Waals surface area contributed by atoms with Crippen molar-refractivity contribution in [2.45, 2.75) is 13.8 Å². The van der Waals surface area contributed by atoms with E-state index in [0.29, 0.717) is 35.6 Å². The van der Waals surface area contributed by atoms with Crippen LogP contribution in [0.15, 0.2) is 30.3 Å². The van der Waals surface area contributed by atoms with Gasteiger partial charge in [0.25, 0.3) is 0 Å². The summed E-state index contributed by atoms with van der Waals surface area (Å²) < 4.78 is 31.5. The highest BCUT2D eigenvalue weighted by atomic mass is 19.2. The minimum absolute atomic E-state index is 0.316. The van der Waals surface area contributed by atoms with Crippen molar-refractivity contribution in [3.63, 3.8) is 0 Å². The van der Waals surface area contributed by atoms with Crippen molar-refractivity contribution in [1.29, 1.82) is 0 Å². The first-order valence-corrected chi connectivity index (χ1v) is 6.57. The summed E-state index contributed by atoms with van der Waals surface area (Å²) in [5, 5.41) is 2.87. The van der Waals surface area contributed by atoms with Crippen molar-refractivity contribution in [1.82, 2.24) is 4.98 Å². The average molecular weight is 293 g/mol. The summed E-state index contributed by atoms with van der Waals surface area (Å²) in [6, 6.07) is 6.81. The lowest BCUT2D eigenvalue weighted by atomic mass is 10.2. The number of nitrogens with zero attached hydrogens (tertiary/aromatic N) is 1. The predicted molar refractivity (Wildman–Crippen MR) is 78.6 cm³/mol. The van der Waals surface area contributed by atoms with Gasteiger partial charge in [0.1, 0.15) is 5.82 Å². The third-order valence-corrected chi connectivity index (χ3v) is 2.64. The largest absolute Gasteiger partial charge is 0.476 e. The van der Waals surface area contributed by atoms with Crippen LogP contribution >= 0.6 is 0 Å². The van der Waals surface area contributed by atoms with Crippen LogP contribution in [0.4, 0.5) is 26.0 Å². The first kappa shape index (κ1) is 15.0. The molecule has 112 valence electrons. The maximum absolute atomic E-state index is 13.2. The number of nitrogens with two attached hydrogens (primary N) is 1. The van der Waals surface area contributed by atoms with Crippen molar-refractivity contribution < 1.29 is 13.5 Å². The summed E-state index contributed by atoms with van der Waals surface area (Å²) in [7, 11) is 0. The van der Waals surface area contributed by atoms with E-state index >= 15 is 0 Å². The number of hydrogen-bond acceptors (Lipinski definition) is 4. The quantitative estimate of drug-likeness (QED) is 0.882. The lowest BCUT2D eigenvalue weighted by molar-refractivity contribution is 0.263. The molecule has 0 fully saturated rings. The number of aromatic nitrogens is 1. The molecular formula is C15H17F2N3O. The van der Waals surface area contributed by atoms with Crippen molar-refractivity contribution >= 4 is 17.2 Å². The van der Waals surface area contributed by atoms with Gasteiger partial charge in [-0.05, 0) is 30.2 Å². The van der Waals surface area contributed by atoms with E-state index in [9.17, 15) is 8.78 Å². The molecule has 0 saturated heterocycles. The van der Waals surface area contributed by atoms with Gasteiger partial charge in [-0.2, -0.15) is 4.98 Å². The molecule has 0 spiro atoms. The Bertz CT molecular complexity index is 632. The Morgan fingerprint density at radius 2 is 1.95 bits per heavy atom. The van der Waals surface area contributed by atoms with E-state index in [0.717, 1.165) is 12.1 Å². The standard InChI is InChI=1S/C15H17F2N3O/c1-9(2)8-21-15-13(18)5-6-14(20-15)19-10-3-4-11(16)12(17)7-10/h3-7,9H,8,18H2,1-2H3,(H,19,20). The Balaban J connectivity index is 2.16. The molecule has 3 N–H and O–H groups in total. The van der Waals surface area contributed by atoms with Crippen LogP contribution in [0.25, 0.3) is 0 Å². The van der Waals surface area contributed by atoms with Crippen LogP contribution in [0.1, 0.15) is 13.8 Å². The Kier molecular flexibility index (Phi) is 4.57. The van der Waals surface area contributed by atoms with Gasteiger partial charge in [0, 0.05) is 11.8 Å². The van der Waals surface area contributed by atoms with E-state index in [4.69, 9.17) is 10.5 Å². The summed E-state index contributed by atoms with van der Waals surface area (Å²) in [4.78, 5) is 4.22. The Hall–Kier alpha value is -2.37. The molecule has 21 heavy (non-hydrogen) atoms. The molecule has 0 aliphatic rings. The molecule has 0 unspecified atom stereocenters. The van der Waals surface area contributed by atoms with E-state index in [2.05, 4.69) is 10.3 Å². The van der Waals surface area contributed by atoms with Gasteiger partial charge in [-0.3, -0.25) is 0 Å². The average Bonchev–Trinajstić information content (AvgIpc) is 2.43. The maximum atomic E-state index is 13.2. The molecule has 0 saturated carbocycles. The molecule has 1 aromatic heterocycles. The van der Waals surface area contributed by atoms with E-state index in [1.54, 1.807) is 12.1 Å². The second-order valence-corrected chi connectivity index (χ2v) is 5.05. The van der Waals surface area contributed by atoms with Crippen molar-refractivity contribution in [2.75, 3.05) is 17.7 Å². The van der Waals surface area contributed by atoms with E-state index in [-0.39, 0.29) is 0 Å². The molecule has 6 heteroatoms. The minimum atomic E-state index is -0.924. The van der Waals surface area contributed by atoms with Crippen molar-refractivity contribution in [2.24, 2.45) is 5.92 Å². The molecule has 2 aromatic rings.